The lowest BCUT2D eigenvalue weighted by molar-refractivity contribution is -0.117. The first-order valence-corrected chi connectivity index (χ1v) is 12.2. The van der Waals surface area contributed by atoms with E-state index >= 15 is 0 Å². The number of likely N-dealkylation sites (N-methyl/N-ethyl adjacent to an activating group) is 1. The minimum absolute atomic E-state index is 0.0300. The van der Waals surface area contributed by atoms with Gasteiger partial charge in [0.1, 0.15) is 18.1 Å². The Morgan fingerprint density at radius 2 is 1.94 bits per heavy atom. The standard InChI is InChI=1S/C26H33N5O5/c1-16-13-31(26(34)21-12-27-9-10-28-21)17(2)15-36-22-11-19(29-24(32)18-5-6-18)7-8-20(22)25(33)30(3)14-23(16)35-4/h7-12,16-18,23H,5-6,13-15H2,1-4H3,(H,29,32)/t16-,17-,23-/m1/s1. The van der Waals surface area contributed by atoms with Gasteiger partial charge in [-0.25, -0.2) is 4.98 Å². The second-order valence-corrected chi connectivity index (χ2v) is 9.62. The molecule has 2 aromatic rings. The van der Waals surface area contributed by atoms with Crippen molar-refractivity contribution in [3.05, 3.63) is 48.0 Å². The minimum atomic E-state index is -0.343. The number of methoxy groups -OCH3 is 1. The molecule has 1 N–H and O–H groups in total. The molecule has 192 valence electrons. The molecule has 0 spiro atoms. The number of rotatable bonds is 4. The summed E-state index contributed by atoms with van der Waals surface area (Å²) < 4.78 is 11.9. The average molecular weight is 496 g/mol. The second-order valence-electron chi connectivity index (χ2n) is 9.62. The van der Waals surface area contributed by atoms with Crippen molar-refractivity contribution in [3.8, 4) is 5.75 Å². The van der Waals surface area contributed by atoms with Crippen LogP contribution in [-0.2, 0) is 9.53 Å². The van der Waals surface area contributed by atoms with Gasteiger partial charge in [0.25, 0.3) is 11.8 Å². The molecule has 3 atom stereocenters. The minimum Gasteiger partial charge on any atom is -0.491 e. The molecular formula is C26H33N5O5. The third-order valence-electron chi connectivity index (χ3n) is 6.71. The van der Waals surface area contributed by atoms with E-state index in [1.54, 1.807) is 42.2 Å². The van der Waals surface area contributed by atoms with Gasteiger partial charge in [-0.05, 0) is 31.9 Å². The van der Waals surface area contributed by atoms with E-state index in [1.165, 1.54) is 18.6 Å². The van der Waals surface area contributed by atoms with Crippen LogP contribution in [0.15, 0.2) is 36.8 Å². The number of anilines is 1. The van der Waals surface area contributed by atoms with E-state index in [9.17, 15) is 14.4 Å². The van der Waals surface area contributed by atoms with Crippen molar-refractivity contribution in [1.29, 1.82) is 0 Å². The van der Waals surface area contributed by atoms with Crippen LogP contribution in [0.2, 0.25) is 0 Å². The summed E-state index contributed by atoms with van der Waals surface area (Å²) in [6.45, 7) is 4.73. The molecule has 2 heterocycles. The molecule has 1 aromatic carbocycles. The van der Waals surface area contributed by atoms with Crippen LogP contribution in [-0.4, -0.2) is 83.5 Å². The quantitative estimate of drug-likeness (QED) is 0.693. The third kappa shape index (κ3) is 5.81. The molecule has 1 aliphatic heterocycles. The summed E-state index contributed by atoms with van der Waals surface area (Å²) in [5, 5.41) is 2.90. The molecule has 0 radical (unpaired) electrons. The lowest BCUT2D eigenvalue weighted by Gasteiger charge is -2.35. The number of aromatic nitrogens is 2. The summed E-state index contributed by atoms with van der Waals surface area (Å²) in [5.41, 5.74) is 1.19. The second kappa shape index (κ2) is 11.0. The Morgan fingerprint density at radius 1 is 1.17 bits per heavy atom. The zero-order valence-corrected chi connectivity index (χ0v) is 21.1. The molecule has 10 nitrogen and oxygen atoms in total. The Balaban J connectivity index is 1.66. The zero-order chi connectivity index (χ0) is 25.8. The van der Waals surface area contributed by atoms with Crippen molar-refractivity contribution in [2.75, 3.05) is 39.2 Å². The van der Waals surface area contributed by atoms with Crippen LogP contribution >= 0.6 is 0 Å². The number of carbonyl (C=O) groups excluding carboxylic acids is 3. The monoisotopic (exact) mass is 495 g/mol. The van der Waals surface area contributed by atoms with Gasteiger partial charge in [0.05, 0.1) is 23.9 Å². The fourth-order valence-corrected chi connectivity index (χ4v) is 4.28. The van der Waals surface area contributed by atoms with Crippen LogP contribution in [0.5, 0.6) is 5.75 Å². The first-order chi connectivity index (χ1) is 17.3. The molecule has 36 heavy (non-hydrogen) atoms. The molecule has 1 aliphatic carbocycles. The maximum Gasteiger partial charge on any atom is 0.274 e. The summed E-state index contributed by atoms with van der Waals surface area (Å²) in [5.74, 6) is -0.173. The van der Waals surface area contributed by atoms with Gasteiger partial charge in [-0.3, -0.25) is 19.4 Å². The Labute approximate surface area is 211 Å². The first kappa shape index (κ1) is 25.6. The van der Waals surface area contributed by atoms with Gasteiger partial charge in [-0.1, -0.05) is 6.92 Å². The van der Waals surface area contributed by atoms with Gasteiger partial charge in [0.15, 0.2) is 0 Å². The number of benzene rings is 1. The van der Waals surface area contributed by atoms with Gasteiger partial charge in [-0.2, -0.15) is 0 Å². The molecule has 1 aromatic heterocycles. The summed E-state index contributed by atoms with van der Waals surface area (Å²) in [4.78, 5) is 50.5. The molecule has 4 rings (SSSR count). The van der Waals surface area contributed by atoms with Gasteiger partial charge in [-0.15, -0.1) is 0 Å². The number of nitrogens with one attached hydrogen (secondary N) is 1. The summed E-state index contributed by atoms with van der Waals surface area (Å²) >= 11 is 0. The van der Waals surface area contributed by atoms with E-state index in [2.05, 4.69) is 15.3 Å². The van der Waals surface area contributed by atoms with Crippen molar-refractivity contribution in [2.24, 2.45) is 11.8 Å². The van der Waals surface area contributed by atoms with Gasteiger partial charge in [0, 0.05) is 63.2 Å². The molecule has 0 bridgehead atoms. The SMILES string of the molecule is CO[C@@H]1CN(C)C(=O)c2ccc(NC(=O)C3CC3)cc2OC[C@@H](C)N(C(=O)c2cnccn2)C[C@H]1C. The molecule has 0 unspecified atom stereocenters. The molecule has 0 saturated heterocycles. The number of ether oxygens (including phenoxy) is 2. The maximum atomic E-state index is 13.4. The Bertz CT molecular complexity index is 1110. The molecular weight excluding hydrogens is 462 g/mol. The topological polar surface area (TPSA) is 114 Å². The predicted molar refractivity (Wildman–Crippen MR) is 133 cm³/mol. The van der Waals surface area contributed by atoms with Gasteiger partial charge < -0.3 is 24.6 Å². The average Bonchev–Trinajstić information content (AvgIpc) is 3.74. The Kier molecular flexibility index (Phi) is 7.83. The zero-order valence-electron chi connectivity index (χ0n) is 21.1. The summed E-state index contributed by atoms with van der Waals surface area (Å²) in [6, 6.07) is 4.71. The highest BCUT2D eigenvalue weighted by Crippen LogP contribution is 2.32. The van der Waals surface area contributed by atoms with Crippen LogP contribution in [0.3, 0.4) is 0 Å². The number of carbonyl (C=O) groups is 3. The molecule has 1 fully saturated rings. The van der Waals surface area contributed by atoms with E-state index in [0.29, 0.717) is 30.1 Å². The van der Waals surface area contributed by atoms with Crippen molar-refractivity contribution >= 4 is 23.4 Å². The highest BCUT2D eigenvalue weighted by atomic mass is 16.5. The van der Waals surface area contributed by atoms with Crippen molar-refractivity contribution in [1.82, 2.24) is 19.8 Å². The predicted octanol–water partition coefficient (Wildman–Crippen LogP) is 2.47. The van der Waals surface area contributed by atoms with Crippen LogP contribution in [0.4, 0.5) is 5.69 Å². The highest BCUT2D eigenvalue weighted by Gasteiger charge is 2.32. The number of hydrogen-bond donors (Lipinski definition) is 1. The largest absolute Gasteiger partial charge is 0.491 e. The van der Waals surface area contributed by atoms with Crippen molar-refractivity contribution < 1.29 is 23.9 Å². The van der Waals surface area contributed by atoms with Crippen molar-refractivity contribution in [3.63, 3.8) is 0 Å². The smallest absolute Gasteiger partial charge is 0.274 e. The highest BCUT2D eigenvalue weighted by molar-refractivity contribution is 5.99. The fraction of sp³-hybridized carbons (Fsp3) is 0.500. The lowest BCUT2D eigenvalue weighted by Crippen LogP contribution is -2.48. The molecule has 1 saturated carbocycles. The third-order valence-corrected chi connectivity index (χ3v) is 6.71. The normalized spacial score (nSPS) is 23.1. The maximum absolute atomic E-state index is 13.4. The summed E-state index contributed by atoms with van der Waals surface area (Å²) in [6.07, 6.45) is 5.93. The van der Waals surface area contributed by atoms with Crippen LogP contribution in [0.1, 0.15) is 47.5 Å². The van der Waals surface area contributed by atoms with E-state index in [-0.39, 0.29) is 54.0 Å². The number of hydrogen-bond acceptors (Lipinski definition) is 7. The number of nitrogens with zero attached hydrogens (tertiary/aromatic N) is 4. The molecule has 10 heteroatoms. The molecule has 3 amide bonds. The van der Waals surface area contributed by atoms with E-state index in [0.717, 1.165) is 12.8 Å². The Hall–Kier alpha value is -3.53. The lowest BCUT2D eigenvalue weighted by atomic mass is 10.0. The van der Waals surface area contributed by atoms with Crippen molar-refractivity contribution in [2.45, 2.75) is 38.8 Å². The van der Waals surface area contributed by atoms with E-state index in [4.69, 9.17) is 9.47 Å². The summed E-state index contributed by atoms with van der Waals surface area (Å²) in [7, 11) is 3.32. The number of amides is 3. The van der Waals surface area contributed by atoms with Crippen LogP contribution in [0, 0.1) is 11.8 Å². The fourth-order valence-electron chi connectivity index (χ4n) is 4.28. The van der Waals surface area contributed by atoms with Gasteiger partial charge in [0.2, 0.25) is 5.91 Å². The van der Waals surface area contributed by atoms with E-state index < -0.39 is 0 Å². The van der Waals surface area contributed by atoms with Crippen LogP contribution < -0.4 is 10.1 Å². The van der Waals surface area contributed by atoms with Crippen LogP contribution in [0.25, 0.3) is 0 Å². The Morgan fingerprint density at radius 3 is 2.61 bits per heavy atom. The van der Waals surface area contributed by atoms with Gasteiger partial charge >= 0.3 is 0 Å². The number of fused-ring (bicyclic) bond motifs is 1. The molecule has 2 aliphatic rings. The van der Waals surface area contributed by atoms with E-state index in [1.807, 2.05) is 13.8 Å². The first-order valence-electron chi connectivity index (χ1n) is 12.2.